The van der Waals surface area contributed by atoms with Gasteiger partial charge in [-0.2, -0.15) is 5.01 Å². The monoisotopic (exact) mass is 551 g/mol. The standard InChI is InChI=1S/C25H37N5O7S/c1-17(2)16-20(19(22(32)28-35)11-7-10-18-8-5-4-6-9-18)21(31)27-30-23(33)25(26-24(30)34)12-14-29(15-13-25)38(3,36)37/h4-6,8-9,17,19-20,35H,7,10-16H2,1-3H3,(H,26,34)(H,27,31)(H,28,32)/t19-,20+/m0/s1. The molecule has 0 saturated carbocycles. The Bertz CT molecular complexity index is 1130. The van der Waals surface area contributed by atoms with E-state index in [1.165, 1.54) is 4.31 Å². The molecule has 13 heteroatoms. The quantitative estimate of drug-likeness (QED) is 0.182. The van der Waals surface area contributed by atoms with Crippen molar-refractivity contribution in [1.29, 1.82) is 0 Å². The molecule has 210 valence electrons. The van der Waals surface area contributed by atoms with E-state index in [2.05, 4.69) is 10.7 Å². The first kappa shape index (κ1) is 29.5. The molecule has 0 aromatic heterocycles. The Labute approximate surface area is 223 Å². The van der Waals surface area contributed by atoms with E-state index in [-0.39, 0.29) is 38.3 Å². The number of hydrogen-bond acceptors (Lipinski definition) is 7. The Hall–Kier alpha value is -3.03. The average molecular weight is 552 g/mol. The smallest absolute Gasteiger partial charge is 0.321 e. The van der Waals surface area contributed by atoms with Crippen molar-refractivity contribution in [2.45, 2.75) is 57.9 Å². The summed E-state index contributed by atoms with van der Waals surface area (Å²) in [6, 6.07) is 8.85. The number of aryl methyl sites for hydroxylation is 1. The number of nitrogens with zero attached hydrogens (tertiary/aromatic N) is 2. The second-order valence-corrected chi connectivity index (χ2v) is 12.5. The lowest BCUT2D eigenvalue weighted by molar-refractivity contribution is -0.146. The van der Waals surface area contributed by atoms with Crippen molar-refractivity contribution in [3.8, 4) is 0 Å². The molecule has 2 atom stereocenters. The van der Waals surface area contributed by atoms with Gasteiger partial charge in [0.1, 0.15) is 5.54 Å². The van der Waals surface area contributed by atoms with Gasteiger partial charge in [0.2, 0.25) is 21.8 Å². The molecule has 0 radical (unpaired) electrons. The molecule has 4 N–H and O–H groups in total. The predicted molar refractivity (Wildman–Crippen MR) is 138 cm³/mol. The van der Waals surface area contributed by atoms with Crippen LogP contribution in [0.25, 0.3) is 0 Å². The van der Waals surface area contributed by atoms with Crippen LogP contribution in [-0.2, 0) is 30.8 Å². The fraction of sp³-hybridized carbons (Fsp3) is 0.600. The van der Waals surface area contributed by atoms with E-state index >= 15 is 0 Å². The molecule has 38 heavy (non-hydrogen) atoms. The number of hydrazine groups is 1. The number of carbonyl (C=O) groups is 4. The number of piperidine rings is 1. The van der Waals surface area contributed by atoms with Crippen LogP contribution in [-0.4, -0.2) is 71.6 Å². The first-order valence-corrected chi connectivity index (χ1v) is 14.6. The lowest BCUT2D eigenvalue weighted by Gasteiger charge is -2.35. The summed E-state index contributed by atoms with van der Waals surface area (Å²) in [5.41, 5.74) is 3.83. The third-order valence-electron chi connectivity index (χ3n) is 7.25. The highest BCUT2D eigenvalue weighted by Gasteiger charge is 2.54. The zero-order valence-electron chi connectivity index (χ0n) is 22.0. The normalized spacial score (nSPS) is 19.3. The van der Waals surface area contributed by atoms with Gasteiger partial charge in [-0.25, -0.2) is 23.0 Å². The summed E-state index contributed by atoms with van der Waals surface area (Å²) in [6.07, 6.45) is 3.06. The molecule has 1 aromatic rings. The molecule has 2 aliphatic rings. The molecule has 0 unspecified atom stereocenters. The van der Waals surface area contributed by atoms with Crippen molar-refractivity contribution in [3.05, 3.63) is 35.9 Å². The minimum atomic E-state index is -3.44. The molecule has 1 aromatic carbocycles. The summed E-state index contributed by atoms with van der Waals surface area (Å²) in [5, 5.41) is 12.6. The Kier molecular flexibility index (Phi) is 9.49. The van der Waals surface area contributed by atoms with Crippen molar-refractivity contribution in [2.24, 2.45) is 17.8 Å². The molecular formula is C25H37N5O7S. The van der Waals surface area contributed by atoms with Gasteiger partial charge in [-0.3, -0.25) is 25.0 Å². The van der Waals surface area contributed by atoms with Gasteiger partial charge in [-0.05, 0) is 50.0 Å². The number of benzene rings is 1. The van der Waals surface area contributed by atoms with E-state index in [1.807, 2.05) is 44.2 Å². The van der Waals surface area contributed by atoms with Gasteiger partial charge in [0.05, 0.1) is 18.1 Å². The summed E-state index contributed by atoms with van der Waals surface area (Å²) in [7, 11) is -3.44. The number of imide groups is 1. The van der Waals surface area contributed by atoms with Crippen LogP contribution in [0.1, 0.15) is 51.5 Å². The lowest BCUT2D eigenvalue weighted by Crippen LogP contribution is -2.57. The zero-order valence-corrected chi connectivity index (χ0v) is 22.8. The summed E-state index contributed by atoms with van der Waals surface area (Å²) >= 11 is 0. The minimum absolute atomic E-state index is 0.00337. The molecule has 0 bridgehead atoms. The molecule has 5 amide bonds. The largest absolute Gasteiger partial charge is 0.344 e. The number of hydroxylamine groups is 1. The summed E-state index contributed by atoms with van der Waals surface area (Å²) in [4.78, 5) is 52.1. The van der Waals surface area contributed by atoms with Crippen LogP contribution in [0.2, 0.25) is 0 Å². The van der Waals surface area contributed by atoms with Crippen LogP contribution >= 0.6 is 0 Å². The van der Waals surface area contributed by atoms with Gasteiger partial charge < -0.3 is 5.32 Å². The first-order chi connectivity index (χ1) is 17.9. The highest BCUT2D eigenvalue weighted by molar-refractivity contribution is 7.88. The molecule has 12 nitrogen and oxygen atoms in total. The predicted octanol–water partition coefficient (Wildman–Crippen LogP) is 1.17. The van der Waals surface area contributed by atoms with E-state index < -0.39 is 51.2 Å². The fourth-order valence-corrected chi connectivity index (χ4v) is 6.03. The molecule has 3 rings (SSSR count). The second kappa shape index (κ2) is 12.2. The molecule has 2 fully saturated rings. The van der Waals surface area contributed by atoms with Crippen molar-refractivity contribution in [3.63, 3.8) is 0 Å². The van der Waals surface area contributed by atoms with Crippen molar-refractivity contribution < 1.29 is 32.8 Å². The van der Waals surface area contributed by atoms with E-state index in [0.717, 1.165) is 11.8 Å². The maximum atomic E-state index is 13.4. The van der Waals surface area contributed by atoms with Crippen molar-refractivity contribution in [2.75, 3.05) is 19.3 Å². The van der Waals surface area contributed by atoms with Gasteiger partial charge in [-0.1, -0.05) is 44.2 Å². The molecule has 2 aliphatic heterocycles. The second-order valence-electron chi connectivity index (χ2n) is 10.5. The molecule has 2 saturated heterocycles. The van der Waals surface area contributed by atoms with Crippen LogP contribution in [0.15, 0.2) is 30.3 Å². The van der Waals surface area contributed by atoms with Gasteiger partial charge in [-0.15, -0.1) is 0 Å². The van der Waals surface area contributed by atoms with Crippen LogP contribution in [0.4, 0.5) is 4.79 Å². The maximum Gasteiger partial charge on any atom is 0.344 e. The lowest BCUT2D eigenvalue weighted by atomic mass is 9.81. The number of carbonyl (C=O) groups excluding carboxylic acids is 4. The Morgan fingerprint density at radius 1 is 1.08 bits per heavy atom. The Morgan fingerprint density at radius 3 is 2.26 bits per heavy atom. The number of sulfonamides is 1. The molecular weight excluding hydrogens is 514 g/mol. The molecule has 2 heterocycles. The summed E-state index contributed by atoms with van der Waals surface area (Å²) in [5.74, 6) is -3.86. The number of urea groups is 1. The number of nitrogens with one attached hydrogen (secondary N) is 3. The van der Waals surface area contributed by atoms with Gasteiger partial charge >= 0.3 is 6.03 Å². The van der Waals surface area contributed by atoms with Crippen LogP contribution in [0.3, 0.4) is 0 Å². The van der Waals surface area contributed by atoms with Gasteiger partial charge in [0.15, 0.2) is 0 Å². The van der Waals surface area contributed by atoms with E-state index in [9.17, 15) is 32.8 Å². The fourth-order valence-electron chi connectivity index (χ4n) is 5.18. The Balaban J connectivity index is 1.73. The molecule has 1 spiro atoms. The SMILES string of the molecule is CC(C)C[C@@H](C(=O)NN1C(=O)NC2(CCN(S(C)(=O)=O)CC2)C1=O)[C@H](CCCc1ccccc1)C(=O)NO. The maximum absolute atomic E-state index is 13.4. The van der Waals surface area contributed by atoms with Crippen molar-refractivity contribution >= 4 is 33.8 Å². The zero-order chi connectivity index (χ0) is 28.1. The van der Waals surface area contributed by atoms with Gasteiger partial charge in [0, 0.05) is 13.1 Å². The first-order valence-electron chi connectivity index (χ1n) is 12.8. The summed E-state index contributed by atoms with van der Waals surface area (Å²) < 4.78 is 24.9. The minimum Gasteiger partial charge on any atom is -0.321 e. The Morgan fingerprint density at radius 2 is 1.71 bits per heavy atom. The van der Waals surface area contributed by atoms with Crippen LogP contribution in [0, 0.1) is 17.8 Å². The highest BCUT2D eigenvalue weighted by Crippen LogP contribution is 2.31. The topological polar surface area (TPSA) is 165 Å². The number of rotatable bonds is 11. The highest BCUT2D eigenvalue weighted by atomic mass is 32.2. The van der Waals surface area contributed by atoms with Crippen molar-refractivity contribution in [1.82, 2.24) is 25.5 Å². The summed E-state index contributed by atoms with van der Waals surface area (Å²) in [6.45, 7) is 3.89. The van der Waals surface area contributed by atoms with E-state index in [1.54, 1.807) is 5.48 Å². The number of hydrogen-bond donors (Lipinski definition) is 4. The van der Waals surface area contributed by atoms with Gasteiger partial charge in [0.25, 0.3) is 5.91 Å². The van der Waals surface area contributed by atoms with E-state index in [0.29, 0.717) is 24.3 Å². The van der Waals surface area contributed by atoms with Crippen LogP contribution in [0.5, 0.6) is 0 Å². The van der Waals surface area contributed by atoms with E-state index in [4.69, 9.17) is 0 Å². The third kappa shape index (κ3) is 6.88. The number of amides is 5. The van der Waals surface area contributed by atoms with Crippen LogP contribution < -0.4 is 16.2 Å². The average Bonchev–Trinajstić information content (AvgIpc) is 3.09. The molecule has 0 aliphatic carbocycles. The third-order valence-corrected chi connectivity index (χ3v) is 8.55.